The van der Waals surface area contributed by atoms with Gasteiger partial charge in [0.05, 0.1) is 19.1 Å². The van der Waals surface area contributed by atoms with Gasteiger partial charge < -0.3 is 20.3 Å². The summed E-state index contributed by atoms with van der Waals surface area (Å²) in [6, 6.07) is 17.8. The van der Waals surface area contributed by atoms with E-state index in [0.717, 1.165) is 24.2 Å². The van der Waals surface area contributed by atoms with Crippen LogP contribution in [-0.2, 0) is 11.2 Å². The third-order valence-corrected chi connectivity index (χ3v) is 4.10. The molecule has 0 heterocycles. The zero-order valence-corrected chi connectivity index (χ0v) is 14.9. The van der Waals surface area contributed by atoms with E-state index in [9.17, 15) is 9.90 Å². The lowest BCUT2D eigenvalue weighted by Crippen LogP contribution is -2.20. The Morgan fingerprint density at radius 2 is 1.77 bits per heavy atom. The minimum Gasteiger partial charge on any atom is -0.494 e. The van der Waals surface area contributed by atoms with Gasteiger partial charge in [0.2, 0.25) is 0 Å². The van der Waals surface area contributed by atoms with E-state index < -0.39 is 12.1 Å². The lowest BCUT2D eigenvalue weighted by molar-refractivity contribution is -0.136. The second-order valence-corrected chi connectivity index (χ2v) is 6.20. The second-order valence-electron chi connectivity index (χ2n) is 6.20. The first-order chi connectivity index (χ1) is 12.6. The molecule has 0 bridgehead atoms. The predicted molar refractivity (Wildman–Crippen MR) is 101 cm³/mol. The zero-order chi connectivity index (χ0) is 18.6. The Balaban J connectivity index is 1.64. The number of aliphatic hydroxyl groups excluding tert-OH is 1. The number of aliphatic carboxylic acids is 1. The van der Waals surface area contributed by atoms with Crippen molar-refractivity contribution in [3.63, 3.8) is 0 Å². The fraction of sp³-hybridized carbons (Fsp3) is 0.381. The smallest absolute Gasteiger partial charge is 0.304 e. The molecular weight excluding hydrogens is 330 g/mol. The average Bonchev–Trinajstić information content (AvgIpc) is 2.66. The van der Waals surface area contributed by atoms with E-state index in [1.54, 1.807) is 0 Å². The Labute approximate surface area is 154 Å². The van der Waals surface area contributed by atoms with E-state index >= 15 is 0 Å². The van der Waals surface area contributed by atoms with Gasteiger partial charge in [0, 0.05) is 6.54 Å². The quantitative estimate of drug-likeness (QED) is 0.509. The van der Waals surface area contributed by atoms with Gasteiger partial charge in [-0.1, -0.05) is 42.5 Å². The van der Waals surface area contributed by atoms with Crippen LogP contribution in [0.3, 0.4) is 0 Å². The van der Waals surface area contributed by atoms with Crippen molar-refractivity contribution in [2.45, 2.75) is 31.8 Å². The Morgan fingerprint density at radius 1 is 1.04 bits per heavy atom. The van der Waals surface area contributed by atoms with Gasteiger partial charge in [0.15, 0.2) is 0 Å². The Bertz CT molecular complexity index is 643. The molecule has 140 valence electrons. The number of ether oxygens (including phenoxy) is 1. The predicted octanol–water partition coefficient (Wildman–Crippen LogP) is 3.19. The van der Waals surface area contributed by atoms with Gasteiger partial charge in [-0.2, -0.15) is 0 Å². The largest absolute Gasteiger partial charge is 0.494 e. The maximum atomic E-state index is 10.4. The summed E-state index contributed by atoms with van der Waals surface area (Å²) >= 11 is 0. The molecule has 26 heavy (non-hydrogen) atoms. The second kappa shape index (κ2) is 11.3. The fourth-order valence-corrected chi connectivity index (χ4v) is 2.62. The first-order valence-electron chi connectivity index (χ1n) is 9.02. The van der Waals surface area contributed by atoms with Crippen molar-refractivity contribution in [3.05, 3.63) is 65.7 Å². The molecule has 2 aromatic carbocycles. The molecule has 2 rings (SSSR count). The van der Waals surface area contributed by atoms with Crippen LogP contribution in [0.25, 0.3) is 0 Å². The highest BCUT2D eigenvalue weighted by Crippen LogP contribution is 2.20. The van der Waals surface area contributed by atoms with E-state index in [1.165, 1.54) is 5.56 Å². The van der Waals surface area contributed by atoms with E-state index in [1.807, 2.05) is 42.5 Å². The summed E-state index contributed by atoms with van der Waals surface area (Å²) in [5, 5.41) is 21.7. The number of carboxylic acids is 1. The van der Waals surface area contributed by atoms with Crippen molar-refractivity contribution >= 4 is 5.97 Å². The lowest BCUT2D eigenvalue weighted by atomic mass is 10.1. The molecule has 0 spiro atoms. The molecule has 0 fully saturated rings. The first kappa shape index (κ1) is 19.9. The minimum atomic E-state index is -0.822. The third kappa shape index (κ3) is 7.68. The Hall–Kier alpha value is -2.37. The summed E-state index contributed by atoms with van der Waals surface area (Å²) < 4.78 is 5.75. The third-order valence-electron chi connectivity index (χ3n) is 4.10. The molecule has 5 heteroatoms. The number of rotatable bonds is 12. The summed E-state index contributed by atoms with van der Waals surface area (Å²) in [4.78, 5) is 10.4. The number of aryl methyl sites for hydroxylation is 1. The summed E-state index contributed by atoms with van der Waals surface area (Å²) in [6.07, 6.45) is 2.01. The monoisotopic (exact) mass is 357 g/mol. The van der Waals surface area contributed by atoms with Crippen LogP contribution in [0.1, 0.15) is 36.5 Å². The van der Waals surface area contributed by atoms with Gasteiger partial charge in [-0.25, -0.2) is 0 Å². The van der Waals surface area contributed by atoms with E-state index in [2.05, 4.69) is 17.4 Å². The number of aliphatic hydroxyl groups is 1. The number of benzene rings is 2. The minimum absolute atomic E-state index is 0.0897. The average molecular weight is 357 g/mol. The van der Waals surface area contributed by atoms with Crippen molar-refractivity contribution in [2.24, 2.45) is 0 Å². The number of hydrogen-bond donors (Lipinski definition) is 3. The van der Waals surface area contributed by atoms with Crippen LogP contribution in [0, 0.1) is 0 Å². The van der Waals surface area contributed by atoms with Gasteiger partial charge in [0.25, 0.3) is 0 Å². The maximum Gasteiger partial charge on any atom is 0.304 e. The Morgan fingerprint density at radius 3 is 2.46 bits per heavy atom. The maximum absolute atomic E-state index is 10.4. The first-order valence-corrected chi connectivity index (χ1v) is 9.02. The standard InChI is InChI=1S/C21H27NO4/c23-20(12-14-22-15-13-21(24)25)18-8-10-19(11-9-18)26-16-4-7-17-5-2-1-3-6-17/h1-3,5-6,8-11,20,22-23H,4,7,12-16H2,(H,24,25). The van der Waals surface area contributed by atoms with Crippen LogP contribution in [0.5, 0.6) is 5.75 Å². The number of carbonyl (C=O) groups is 1. The topological polar surface area (TPSA) is 78.8 Å². The molecule has 0 amide bonds. The fourth-order valence-electron chi connectivity index (χ4n) is 2.62. The van der Waals surface area contributed by atoms with Gasteiger partial charge >= 0.3 is 5.97 Å². The Kier molecular flexibility index (Phi) is 8.66. The van der Waals surface area contributed by atoms with Crippen molar-refractivity contribution < 1.29 is 19.7 Å². The molecule has 0 saturated carbocycles. The molecule has 5 nitrogen and oxygen atoms in total. The zero-order valence-electron chi connectivity index (χ0n) is 14.9. The molecule has 1 unspecified atom stereocenters. The normalized spacial score (nSPS) is 11.9. The van der Waals surface area contributed by atoms with E-state index in [4.69, 9.17) is 9.84 Å². The van der Waals surface area contributed by atoms with Gasteiger partial charge in [-0.05, 0) is 49.1 Å². The molecule has 0 aromatic heterocycles. The summed E-state index contributed by atoms with van der Waals surface area (Å²) in [7, 11) is 0. The van der Waals surface area contributed by atoms with Crippen molar-refractivity contribution in [1.29, 1.82) is 0 Å². The highest BCUT2D eigenvalue weighted by molar-refractivity contribution is 5.66. The van der Waals surface area contributed by atoms with Gasteiger partial charge in [-0.3, -0.25) is 4.79 Å². The molecular formula is C21H27NO4. The molecule has 1 atom stereocenters. The van der Waals surface area contributed by atoms with E-state index in [-0.39, 0.29) is 6.42 Å². The van der Waals surface area contributed by atoms with Crippen molar-refractivity contribution in [2.75, 3.05) is 19.7 Å². The summed E-state index contributed by atoms with van der Waals surface area (Å²) in [5.41, 5.74) is 2.15. The highest BCUT2D eigenvalue weighted by atomic mass is 16.5. The van der Waals surface area contributed by atoms with Crippen LogP contribution in [-0.4, -0.2) is 35.9 Å². The molecule has 0 radical (unpaired) electrons. The van der Waals surface area contributed by atoms with Crippen molar-refractivity contribution in [1.82, 2.24) is 5.32 Å². The van der Waals surface area contributed by atoms with Crippen LogP contribution >= 0.6 is 0 Å². The molecule has 0 aliphatic rings. The number of nitrogens with one attached hydrogen (secondary N) is 1. The number of carboxylic acid groups (broad SMARTS) is 1. The molecule has 0 saturated heterocycles. The van der Waals surface area contributed by atoms with Crippen LogP contribution in [0.2, 0.25) is 0 Å². The summed E-state index contributed by atoms with van der Waals surface area (Å²) in [6.45, 7) is 1.65. The van der Waals surface area contributed by atoms with Crippen LogP contribution in [0.4, 0.5) is 0 Å². The van der Waals surface area contributed by atoms with Gasteiger partial charge in [0.1, 0.15) is 5.75 Å². The lowest BCUT2D eigenvalue weighted by Gasteiger charge is -2.12. The van der Waals surface area contributed by atoms with E-state index in [0.29, 0.717) is 26.1 Å². The molecule has 0 aliphatic carbocycles. The van der Waals surface area contributed by atoms with Crippen molar-refractivity contribution in [3.8, 4) is 5.75 Å². The highest BCUT2D eigenvalue weighted by Gasteiger charge is 2.07. The molecule has 0 aliphatic heterocycles. The molecule has 2 aromatic rings. The number of hydrogen-bond acceptors (Lipinski definition) is 4. The summed E-state index contributed by atoms with van der Waals surface area (Å²) in [5.74, 6) is -0.0222. The SMILES string of the molecule is O=C(O)CCNCCC(O)c1ccc(OCCCc2ccccc2)cc1. The van der Waals surface area contributed by atoms with Crippen LogP contribution in [0.15, 0.2) is 54.6 Å². The molecule has 3 N–H and O–H groups in total. The van der Waals surface area contributed by atoms with Gasteiger partial charge in [-0.15, -0.1) is 0 Å². The van der Waals surface area contributed by atoms with Crippen LogP contribution < -0.4 is 10.1 Å².